The molecule has 13 heavy (non-hydrogen) atoms. The first kappa shape index (κ1) is 10.1. The van der Waals surface area contributed by atoms with Gasteiger partial charge in [-0.25, -0.2) is 0 Å². The number of benzene rings is 1. The molecule has 0 saturated heterocycles. The van der Waals surface area contributed by atoms with Crippen molar-refractivity contribution >= 4 is 17.2 Å². The molecule has 1 aromatic rings. The number of hydrogen-bond donors (Lipinski definition) is 0. The highest BCUT2D eigenvalue weighted by Gasteiger charge is 1.96. The van der Waals surface area contributed by atoms with E-state index in [0.717, 1.165) is 5.02 Å². The molecule has 70 valence electrons. The molecule has 1 aromatic carbocycles. The van der Waals surface area contributed by atoms with E-state index in [1.165, 1.54) is 11.1 Å². The molecule has 0 N–H and O–H groups in total. The minimum atomic E-state index is 0.781. The SMILES string of the molecule is CC(=CN(C)C)c1cccc(Cl)c1. The van der Waals surface area contributed by atoms with E-state index in [1.807, 2.05) is 37.2 Å². The van der Waals surface area contributed by atoms with Crippen LogP contribution < -0.4 is 0 Å². The molecule has 0 amide bonds. The van der Waals surface area contributed by atoms with E-state index in [0.29, 0.717) is 0 Å². The lowest BCUT2D eigenvalue weighted by Gasteiger charge is -2.08. The summed E-state index contributed by atoms with van der Waals surface area (Å²) < 4.78 is 0. The second-order valence-corrected chi connectivity index (χ2v) is 3.72. The van der Waals surface area contributed by atoms with Gasteiger partial charge in [-0.3, -0.25) is 0 Å². The van der Waals surface area contributed by atoms with Gasteiger partial charge in [0.25, 0.3) is 0 Å². The lowest BCUT2D eigenvalue weighted by atomic mass is 10.1. The predicted molar refractivity (Wildman–Crippen MR) is 58.8 cm³/mol. The first-order valence-electron chi connectivity index (χ1n) is 4.20. The first-order chi connectivity index (χ1) is 6.09. The number of hydrogen-bond acceptors (Lipinski definition) is 1. The van der Waals surface area contributed by atoms with Gasteiger partial charge in [0, 0.05) is 25.3 Å². The molecule has 2 heteroatoms. The Hall–Kier alpha value is -0.950. The minimum Gasteiger partial charge on any atom is -0.383 e. The molecule has 0 spiro atoms. The Morgan fingerprint density at radius 3 is 2.62 bits per heavy atom. The van der Waals surface area contributed by atoms with Crippen LogP contribution in [0.3, 0.4) is 0 Å². The standard InChI is InChI=1S/C11H14ClN/c1-9(8-13(2)3)10-5-4-6-11(12)7-10/h4-8H,1-3H3. The first-order valence-corrected chi connectivity index (χ1v) is 4.58. The van der Waals surface area contributed by atoms with Crippen LogP contribution in [0.15, 0.2) is 30.5 Å². The average molecular weight is 196 g/mol. The van der Waals surface area contributed by atoms with Gasteiger partial charge >= 0.3 is 0 Å². The smallest absolute Gasteiger partial charge is 0.0412 e. The van der Waals surface area contributed by atoms with Crippen molar-refractivity contribution in [3.8, 4) is 0 Å². The fraction of sp³-hybridized carbons (Fsp3) is 0.273. The molecular formula is C11H14ClN. The molecule has 0 aliphatic carbocycles. The summed E-state index contributed by atoms with van der Waals surface area (Å²) >= 11 is 5.88. The van der Waals surface area contributed by atoms with Crippen molar-refractivity contribution in [2.45, 2.75) is 6.92 Å². The van der Waals surface area contributed by atoms with Crippen molar-refractivity contribution < 1.29 is 0 Å². The molecule has 0 atom stereocenters. The van der Waals surface area contributed by atoms with Gasteiger partial charge in [-0.05, 0) is 30.2 Å². The molecular weight excluding hydrogens is 182 g/mol. The van der Waals surface area contributed by atoms with Crippen LogP contribution in [-0.4, -0.2) is 19.0 Å². The second kappa shape index (κ2) is 4.33. The van der Waals surface area contributed by atoms with Crippen molar-refractivity contribution in [2.75, 3.05) is 14.1 Å². The van der Waals surface area contributed by atoms with E-state index < -0.39 is 0 Å². The van der Waals surface area contributed by atoms with Crippen LogP contribution in [0.25, 0.3) is 5.57 Å². The third kappa shape index (κ3) is 3.11. The van der Waals surface area contributed by atoms with Crippen LogP contribution in [0.1, 0.15) is 12.5 Å². The van der Waals surface area contributed by atoms with Crippen molar-refractivity contribution in [3.63, 3.8) is 0 Å². The van der Waals surface area contributed by atoms with E-state index in [4.69, 9.17) is 11.6 Å². The number of allylic oxidation sites excluding steroid dienone is 1. The van der Waals surface area contributed by atoms with E-state index in [2.05, 4.69) is 19.2 Å². The van der Waals surface area contributed by atoms with Crippen LogP contribution in [0.4, 0.5) is 0 Å². The molecule has 0 heterocycles. The third-order valence-electron chi connectivity index (χ3n) is 1.73. The number of nitrogens with zero attached hydrogens (tertiary/aromatic N) is 1. The molecule has 0 saturated carbocycles. The summed E-state index contributed by atoms with van der Waals surface area (Å²) in [6.07, 6.45) is 2.08. The fourth-order valence-electron chi connectivity index (χ4n) is 1.20. The summed E-state index contributed by atoms with van der Waals surface area (Å²) in [7, 11) is 4.02. The Labute approximate surface area is 84.6 Å². The Kier molecular flexibility index (Phi) is 3.38. The molecule has 0 bridgehead atoms. The molecule has 0 aliphatic rings. The average Bonchev–Trinajstić information content (AvgIpc) is 2.03. The predicted octanol–water partition coefficient (Wildman–Crippen LogP) is 3.26. The van der Waals surface area contributed by atoms with Gasteiger partial charge in [0.1, 0.15) is 0 Å². The molecule has 0 aromatic heterocycles. The summed E-state index contributed by atoms with van der Waals surface area (Å²) in [5.74, 6) is 0. The molecule has 0 fully saturated rings. The second-order valence-electron chi connectivity index (χ2n) is 3.29. The highest BCUT2D eigenvalue weighted by atomic mass is 35.5. The summed E-state index contributed by atoms with van der Waals surface area (Å²) in [6, 6.07) is 7.87. The van der Waals surface area contributed by atoms with Crippen molar-refractivity contribution in [1.29, 1.82) is 0 Å². The van der Waals surface area contributed by atoms with Crippen LogP contribution in [-0.2, 0) is 0 Å². The zero-order valence-electron chi connectivity index (χ0n) is 8.21. The Morgan fingerprint density at radius 1 is 1.38 bits per heavy atom. The van der Waals surface area contributed by atoms with Gasteiger partial charge < -0.3 is 4.90 Å². The van der Waals surface area contributed by atoms with Crippen molar-refractivity contribution in [2.24, 2.45) is 0 Å². The van der Waals surface area contributed by atoms with E-state index in [1.54, 1.807) is 0 Å². The molecule has 1 rings (SSSR count). The Bertz CT molecular complexity index is 316. The lowest BCUT2D eigenvalue weighted by Crippen LogP contribution is -2.01. The monoisotopic (exact) mass is 195 g/mol. The van der Waals surface area contributed by atoms with Gasteiger partial charge in [0.2, 0.25) is 0 Å². The zero-order chi connectivity index (χ0) is 9.84. The van der Waals surface area contributed by atoms with Crippen LogP contribution in [0.2, 0.25) is 5.02 Å². The largest absolute Gasteiger partial charge is 0.383 e. The minimum absolute atomic E-state index is 0.781. The zero-order valence-corrected chi connectivity index (χ0v) is 8.97. The van der Waals surface area contributed by atoms with Crippen LogP contribution >= 0.6 is 11.6 Å². The van der Waals surface area contributed by atoms with Crippen molar-refractivity contribution in [3.05, 3.63) is 41.1 Å². The molecule has 0 unspecified atom stereocenters. The summed E-state index contributed by atoms with van der Waals surface area (Å²) in [5, 5.41) is 0.781. The Balaban J connectivity index is 2.95. The molecule has 0 aliphatic heterocycles. The number of halogens is 1. The number of rotatable bonds is 2. The summed E-state index contributed by atoms with van der Waals surface area (Å²) in [5.41, 5.74) is 2.38. The quantitative estimate of drug-likeness (QED) is 0.700. The van der Waals surface area contributed by atoms with E-state index >= 15 is 0 Å². The maximum atomic E-state index is 5.88. The fourth-order valence-corrected chi connectivity index (χ4v) is 1.39. The van der Waals surface area contributed by atoms with Gasteiger partial charge in [-0.1, -0.05) is 23.7 Å². The molecule has 1 nitrogen and oxygen atoms in total. The maximum absolute atomic E-state index is 5.88. The van der Waals surface area contributed by atoms with E-state index in [-0.39, 0.29) is 0 Å². The summed E-state index contributed by atoms with van der Waals surface area (Å²) in [6.45, 7) is 2.08. The van der Waals surface area contributed by atoms with Crippen molar-refractivity contribution in [1.82, 2.24) is 4.90 Å². The lowest BCUT2D eigenvalue weighted by molar-refractivity contribution is 0.565. The van der Waals surface area contributed by atoms with E-state index in [9.17, 15) is 0 Å². The van der Waals surface area contributed by atoms with Crippen LogP contribution in [0, 0.1) is 0 Å². The summed E-state index contributed by atoms with van der Waals surface area (Å²) in [4.78, 5) is 2.02. The van der Waals surface area contributed by atoms with Gasteiger partial charge in [-0.2, -0.15) is 0 Å². The van der Waals surface area contributed by atoms with Crippen LogP contribution in [0.5, 0.6) is 0 Å². The Morgan fingerprint density at radius 2 is 2.08 bits per heavy atom. The topological polar surface area (TPSA) is 3.24 Å². The highest BCUT2D eigenvalue weighted by Crippen LogP contribution is 2.18. The highest BCUT2D eigenvalue weighted by molar-refractivity contribution is 6.30. The maximum Gasteiger partial charge on any atom is 0.0412 e. The third-order valence-corrected chi connectivity index (χ3v) is 1.97. The normalized spacial score (nSPS) is 11.5. The van der Waals surface area contributed by atoms with Gasteiger partial charge in [-0.15, -0.1) is 0 Å². The molecule has 0 radical (unpaired) electrons. The van der Waals surface area contributed by atoms with Gasteiger partial charge in [0.15, 0.2) is 0 Å². The van der Waals surface area contributed by atoms with Gasteiger partial charge in [0.05, 0.1) is 0 Å².